The van der Waals surface area contributed by atoms with Crippen LogP contribution >= 0.6 is 0 Å². The molecule has 21 heavy (non-hydrogen) atoms. The molecule has 0 aromatic carbocycles. The van der Waals surface area contributed by atoms with Crippen molar-refractivity contribution >= 4 is 17.8 Å². The summed E-state index contributed by atoms with van der Waals surface area (Å²) in [5.74, 6) is 2.70. The van der Waals surface area contributed by atoms with Crippen molar-refractivity contribution < 1.29 is 0 Å². The molecule has 1 heterocycles. The quantitative estimate of drug-likeness (QED) is 0.840. The molecule has 0 saturated heterocycles. The fourth-order valence-electron chi connectivity index (χ4n) is 2.64. The van der Waals surface area contributed by atoms with Crippen LogP contribution in [0.4, 0.5) is 17.8 Å². The SMILES string of the molecule is CCCNc1nc(NC2CCCCC2C)nc(N(C)C)n1. The van der Waals surface area contributed by atoms with Gasteiger partial charge in [-0.05, 0) is 25.2 Å². The number of anilines is 3. The van der Waals surface area contributed by atoms with Gasteiger partial charge in [0.25, 0.3) is 0 Å². The van der Waals surface area contributed by atoms with Crippen LogP contribution in [0.2, 0.25) is 0 Å². The third kappa shape index (κ3) is 4.44. The first-order chi connectivity index (χ1) is 10.1. The molecule has 0 aliphatic heterocycles. The average molecular weight is 292 g/mol. The summed E-state index contributed by atoms with van der Waals surface area (Å²) in [6.45, 7) is 5.31. The molecule has 0 bridgehead atoms. The van der Waals surface area contributed by atoms with Crippen molar-refractivity contribution in [2.45, 2.75) is 52.0 Å². The highest BCUT2D eigenvalue weighted by atomic mass is 15.3. The number of hydrogen-bond donors (Lipinski definition) is 2. The molecule has 0 amide bonds. The first kappa shape index (κ1) is 15.8. The lowest BCUT2D eigenvalue weighted by Gasteiger charge is -2.29. The minimum atomic E-state index is 0.468. The van der Waals surface area contributed by atoms with E-state index in [1.807, 2.05) is 19.0 Å². The van der Waals surface area contributed by atoms with Crippen LogP contribution in [0.1, 0.15) is 46.0 Å². The molecular formula is C15H28N6. The first-order valence-electron chi connectivity index (χ1n) is 8.04. The van der Waals surface area contributed by atoms with Gasteiger partial charge in [0.2, 0.25) is 17.8 Å². The second-order valence-corrected chi connectivity index (χ2v) is 6.12. The van der Waals surface area contributed by atoms with E-state index < -0.39 is 0 Å². The van der Waals surface area contributed by atoms with Crippen LogP contribution in [-0.4, -0.2) is 41.6 Å². The zero-order valence-electron chi connectivity index (χ0n) is 13.7. The van der Waals surface area contributed by atoms with Gasteiger partial charge in [0.05, 0.1) is 0 Å². The Morgan fingerprint density at radius 3 is 2.48 bits per heavy atom. The van der Waals surface area contributed by atoms with E-state index in [2.05, 4.69) is 39.4 Å². The zero-order valence-corrected chi connectivity index (χ0v) is 13.7. The molecule has 2 atom stereocenters. The predicted octanol–water partition coefficient (Wildman–Crippen LogP) is 2.75. The summed E-state index contributed by atoms with van der Waals surface area (Å²) in [6, 6.07) is 0.468. The van der Waals surface area contributed by atoms with Gasteiger partial charge in [0.15, 0.2) is 0 Å². The lowest BCUT2D eigenvalue weighted by Crippen LogP contribution is -2.31. The maximum atomic E-state index is 4.52. The first-order valence-corrected chi connectivity index (χ1v) is 8.04. The summed E-state index contributed by atoms with van der Waals surface area (Å²) in [6.07, 6.45) is 6.15. The largest absolute Gasteiger partial charge is 0.354 e. The summed E-state index contributed by atoms with van der Waals surface area (Å²) in [4.78, 5) is 15.4. The summed E-state index contributed by atoms with van der Waals surface area (Å²) < 4.78 is 0. The summed E-state index contributed by atoms with van der Waals surface area (Å²) in [7, 11) is 3.90. The van der Waals surface area contributed by atoms with Crippen LogP contribution < -0.4 is 15.5 Å². The van der Waals surface area contributed by atoms with E-state index in [1.54, 1.807) is 0 Å². The van der Waals surface area contributed by atoms with E-state index in [0.29, 0.717) is 29.8 Å². The van der Waals surface area contributed by atoms with E-state index in [9.17, 15) is 0 Å². The fraction of sp³-hybridized carbons (Fsp3) is 0.800. The second kappa shape index (κ2) is 7.43. The maximum Gasteiger partial charge on any atom is 0.231 e. The Morgan fingerprint density at radius 2 is 1.81 bits per heavy atom. The van der Waals surface area contributed by atoms with Gasteiger partial charge in [-0.1, -0.05) is 26.7 Å². The van der Waals surface area contributed by atoms with Crippen LogP contribution in [0.25, 0.3) is 0 Å². The standard InChI is InChI=1S/C15H28N6/c1-5-10-16-13-18-14(20-15(19-13)21(3)4)17-12-9-7-6-8-11(12)2/h11-12H,5-10H2,1-4H3,(H2,16,17,18,19,20). The third-order valence-electron chi connectivity index (χ3n) is 3.98. The minimum Gasteiger partial charge on any atom is -0.354 e. The van der Waals surface area contributed by atoms with Gasteiger partial charge >= 0.3 is 0 Å². The molecular weight excluding hydrogens is 264 g/mol. The molecule has 1 fully saturated rings. The number of hydrogen-bond acceptors (Lipinski definition) is 6. The number of nitrogens with zero attached hydrogens (tertiary/aromatic N) is 4. The van der Waals surface area contributed by atoms with Crippen molar-refractivity contribution in [3.8, 4) is 0 Å². The Morgan fingerprint density at radius 1 is 1.10 bits per heavy atom. The van der Waals surface area contributed by atoms with Gasteiger partial charge < -0.3 is 15.5 Å². The topological polar surface area (TPSA) is 66.0 Å². The highest BCUT2D eigenvalue weighted by Crippen LogP contribution is 2.26. The van der Waals surface area contributed by atoms with Crippen LogP contribution in [0.15, 0.2) is 0 Å². The van der Waals surface area contributed by atoms with Crippen molar-refractivity contribution in [2.24, 2.45) is 5.92 Å². The number of nitrogens with one attached hydrogen (secondary N) is 2. The van der Waals surface area contributed by atoms with Crippen LogP contribution in [0.5, 0.6) is 0 Å². The van der Waals surface area contributed by atoms with Gasteiger partial charge in [-0.15, -0.1) is 0 Å². The molecule has 1 aromatic heterocycles. The average Bonchev–Trinajstić information content (AvgIpc) is 2.47. The Kier molecular flexibility index (Phi) is 5.59. The fourth-order valence-corrected chi connectivity index (χ4v) is 2.64. The highest BCUT2D eigenvalue weighted by Gasteiger charge is 2.22. The van der Waals surface area contributed by atoms with Crippen molar-refractivity contribution in [1.29, 1.82) is 0 Å². The Balaban J connectivity index is 2.14. The summed E-state index contributed by atoms with van der Waals surface area (Å²) in [5, 5.41) is 6.76. The molecule has 1 aromatic rings. The Labute approximate surface area is 127 Å². The van der Waals surface area contributed by atoms with Crippen LogP contribution in [0, 0.1) is 5.92 Å². The van der Waals surface area contributed by atoms with E-state index in [-0.39, 0.29) is 0 Å². The molecule has 0 radical (unpaired) electrons. The highest BCUT2D eigenvalue weighted by molar-refractivity contribution is 5.43. The van der Waals surface area contributed by atoms with Crippen LogP contribution in [0.3, 0.4) is 0 Å². The van der Waals surface area contributed by atoms with Crippen LogP contribution in [-0.2, 0) is 0 Å². The van der Waals surface area contributed by atoms with E-state index >= 15 is 0 Å². The van der Waals surface area contributed by atoms with Gasteiger partial charge in [-0.25, -0.2) is 0 Å². The molecule has 2 N–H and O–H groups in total. The Bertz CT molecular complexity index is 448. The molecule has 6 heteroatoms. The van der Waals surface area contributed by atoms with Gasteiger partial charge in [-0.3, -0.25) is 0 Å². The van der Waals surface area contributed by atoms with Gasteiger partial charge in [0.1, 0.15) is 0 Å². The molecule has 1 saturated carbocycles. The maximum absolute atomic E-state index is 4.52. The van der Waals surface area contributed by atoms with E-state index in [1.165, 1.54) is 25.7 Å². The van der Waals surface area contributed by atoms with Gasteiger partial charge in [-0.2, -0.15) is 15.0 Å². The lowest BCUT2D eigenvalue weighted by atomic mass is 9.86. The lowest BCUT2D eigenvalue weighted by molar-refractivity contribution is 0.348. The second-order valence-electron chi connectivity index (χ2n) is 6.12. The monoisotopic (exact) mass is 292 g/mol. The molecule has 2 unspecified atom stereocenters. The van der Waals surface area contributed by atoms with Gasteiger partial charge in [0, 0.05) is 26.7 Å². The summed E-state index contributed by atoms with van der Waals surface area (Å²) >= 11 is 0. The molecule has 0 spiro atoms. The molecule has 1 aliphatic rings. The smallest absolute Gasteiger partial charge is 0.231 e. The number of rotatable bonds is 6. The van der Waals surface area contributed by atoms with Crippen molar-refractivity contribution in [1.82, 2.24) is 15.0 Å². The predicted molar refractivity (Wildman–Crippen MR) is 88.0 cm³/mol. The van der Waals surface area contributed by atoms with Crippen molar-refractivity contribution in [3.63, 3.8) is 0 Å². The number of aromatic nitrogens is 3. The molecule has 118 valence electrons. The zero-order chi connectivity index (χ0) is 15.2. The van der Waals surface area contributed by atoms with Crippen molar-refractivity contribution in [3.05, 3.63) is 0 Å². The van der Waals surface area contributed by atoms with E-state index in [4.69, 9.17) is 0 Å². The summed E-state index contributed by atoms with van der Waals surface area (Å²) in [5.41, 5.74) is 0. The Hall–Kier alpha value is -1.59. The molecule has 2 rings (SSSR count). The molecule has 6 nitrogen and oxygen atoms in total. The normalized spacial score (nSPS) is 21.9. The third-order valence-corrected chi connectivity index (χ3v) is 3.98. The molecule has 1 aliphatic carbocycles. The van der Waals surface area contributed by atoms with Crippen molar-refractivity contribution in [2.75, 3.05) is 36.2 Å². The minimum absolute atomic E-state index is 0.468. The van der Waals surface area contributed by atoms with E-state index in [0.717, 1.165) is 13.0 Å².